The van der Waals surface area contributed by atoms with Crippen LogP contribution in [0.5, 0.6) is 0 Å². The van der Waals surface area contributed by atoms with Crippen molar-refractivity contribution in [2.75, 3.05) is 0 Å². The van der Waals surface area contributed by atoms with Gasteiger partial charge in [0, 0.05) is 12.8 Å². The van der Waals surface area contributed by atoms with Crippen LogP contribution in [0.25, 0.3) is 0 Å². The SMILES string of the molecule is CCCCCCCC(=O)N[C@@H](CC(C)C)C(=O)N[C@H](C=O)CCC(=O)O. The zero-order valence-electron chi connectivity index (χ0n) is 16.3. The predicted molar refractivity (Wildman–Crippen MR) is 99.6 cm³/mol. The van der Waals surface area contributed by atoms with Gasteiger partial charge >= 0.3 is 5.97 Å². The van der Waals surface area contributed by atoms with E-state index in [1.54, 1.807) is 0 Å². The molecule has 2 atom stereocenters. The topological polar surface area (TPSA) is 113 Å². The first-order valence-corrected chi connectivity index (χ1v) is 9.56. The van der Waals surface area contributed by atoms with Crippen molar-refractivity contribution in [1.29, 1.82) is 0 Å². The minimum absolute atomic E-state index is 0.0321. The molecule has 150 valence electrons. The zero-order valence-corrected chi connectivity index (χ0v) is 16.3. The summed E-state index contributed by atoms with van der Waals surface area (Å²) >= 11 is 0. The standard InChI is InChI=1S/C19H34N2O5/c1-4-5-6-7-8-9-17(23)21-16(12-14(2)3)19(26)20-15(13-22)10-11-18(24)25/h13-16H,4-12H2,1-3H3,(H,20,26)(H,21,23)(H,24,25)/t15-,16-/m0/s1. The Morgan fingerprint density at radius 2 is 1.65 bits per heavy atom. The lowest BCUT2D eigenvalue weighted by atomic mass is 10.0. The number of aldehydes is 1. The van der Waals surface area contributed by atoms with Gasteiger partial charge in [-0.1, -0.05) is 46.5 Å². The van der Waals surface area contributed by atoms with E-state index in [1.807, 2.05) is 13.8 Å². The Morgan fingerprint density at radius 1 is 1.00 bits per heavy atom. The van der Waals surface area contributed by atoms with Crippen molar-refractivity contribution in [1.82, 2.24) is 10.6 Å². The van der Waals surface area contributed by atoms with E-state index in [0.717, 1.165) is 32.1 Å². The van der Waals surface area contributed by atoms with E-state index in [9.17, 15) is 19.2 Å². The van der Waals surface area contributed by atoms with Crippen LogP contribution >= 0.6 is 0 Å². The normalized spacial score (nSPS) is 13.1. The molecule has 0 saturated carbocycles. The second-order valence-electron chi connectivity index (χ2n) is 7.10. The third-order valence-electron chi connectivity index (χ3n) is 4.03. The lowest BCUT2D eigenvalue weighted by molar-refractivity contribution is -0.137. The summed E-state index contributed by atoms with van der Waals surface area (Å²) in [5.41, 5.74) is 0. The van der Waals surface area contributed by atoms with Crippen molar-refractivity contribution in [3.05, 3.63) is 0 Å². The molecule has 0 aliphatic carbocycles. The summed E-state index contributed by atoms with van der Waals surface area (Å²) in [5, 5.41) is 14.0. The smallest absolute Gasteiger partial charge is 0.303 e. The van der Waals surface area contributed by atoms with Crippen molar-refractivity contribution >= 4 is 24.1 Å². The largest absolute Gasteiger partial charge is 0.481 e. The average molecular weight is 370 g/mol. The summed E-state index contributed by atoms with van der Waals surface area (Å²) in [6, 6.07) is -1.58. The third kappa shape index (κ3) is 12.4. The van der Waals surface area contributed by atoms with Gasteiger partial charge in [0.25, 0.3) is 0 Å². The Bertz CT molecular complexity index is 451. The number of hydrogen-bond donors (Lipinski definition) is 3. The second kappa shape index (κ2) is 14.3. The number of carbonyl (C=O) groups is 4. The highest BCUT2D eigenvalue weighted by Gasteiger charge is 2.24. The Hall–Kier alpha value is -1.92. The van der Waals surface area contributed by atoms with Crippen molar-refractivity contribution in [2.24, 2.45) is 5.92 Å². The van der Waals surface area contributed by atoms with Crippen LogP contribution in [0.1, 0.15) is 78.6 Å². The van der Waals surface area contributed by atoms with E-state index in [0.29, 0.717) is 19.1 Å². The maximum Gasteiger partial charge on any atom is 0.303 e. The van der Waals surface area contributed by atoms with E-state index in [1.165, 1.54) is 0 Å². The third-order valence-corrected chi connectivity index (χ3v) is 4.03. The summed E-state index contributed by atoms with van der Waals surface area (Å²) < 4.78 is 0. The molecule has 0 radical (unpaired) electrons. The van der Waals surface area contributed by atoms with Gasteiger partial charge in [-0.05, 0) is 25.2 Å². The number of hydrogen-bond acceptors (Lipinski definition) is 4. The molecule has 26 heavy (non-hydrogen) atoms. The number of carboxylic acids is 1. The summed E-state index contributed by atoms with van der Waals surface area (Å²) in [4.78, 5) is 46.2. The molecule has 0 saturated heterocycles. The fraction of sp³-hybridized carbons (Fsp3) is 0.789. The molecular formula is C19H34N2O5. The van der Waals surface area contributed by atoms with Crippen molar-refractivity contribution < 1.29 is 24.3 Å². The van der Waals surface area contributed by atoms with Crippen LogP contribution in [0.15, 0.2) is 0 Å². The zero-order chi connectivity index (χ0) is 19.9. The summed E-state index contributed by atoms with van der Waals surface area (Å²) in [6.45, 7) is 6.02. The number of amides is 2. The summed E-state index contributed by atoms with van der Waals surface area (Å²) in [5.74, 6) is -1.46. The van der Waals surface area contributed by atoms with Gasteiger partial charge in [-0.3, -0.25) is 14.4 Å². The van der Waals surface area contributed by atoms with Gasteiger partial charge in [0.05, 0.1) is 6.04 Å². The minimum atomic E-state index is -1.03. The summed E-state index contributed by atoms with van der Waals surface area (Å²) in [6.07, 6.45) is 6.37. The number of carboxylic acid groups (broad SMARTS) is 1. The van der Waals surface area contributed by atoms with Gasteiger partial charge in [-0.15, -0.1) is 0 Å². The Morgan fingerprint density at radius 3 is 2.19 bits per heavy atom. The first-order chi connectivity index (χ1) is 12.3. The molecule has 0 unspecified atom stereocenters. The number of carbonyl (C=O) groups excluding carboxylic acids is 3. The van der Waals surface area contributed by atoms with Crippen LogP contribution in [0, 0.1) is 5.92 Å². The second-order valence-corrected chi connectivity index (χ2v) is 7.10. The van der Waals surface area contributed by atoms with E-state index >= 15 is 0 Å². The molecule has 0 rings (SSSR count). The highest BCUT2D eigenvalue weighted by Crippen LogP contribution is 2.08. The number of rotatable bonds is 15. The van der Waals surface area contributed by atoms with Gasteiger partial charge < -0.3 is 20.5 Å². The van der Waals surface area contributed by atoms with Crippen LogP contribution < -0.4 is 10.6 Å². The Balaban J connectivity index is 4.55. The van der Waals surface area contributed by atoms with Gasteiger partial charge in [0.15, 0.2) is 0 Å². The monoisotopic (exact) mass is 370 g/mol. The summed E-state index contributed by atoms with van der Waals surface area (Å²) in [7, 11) is 0. The molecule has 2 amide bonds. The molecule has 0 heterocycles. The molecule has 7 heteroatoms. The van der Waals surface area contributed by atoms with E-state index in [2.05, 4.69) is 17.6 Å². The molecule has 0 spiro atoms. The highest BCUT2D eigenvalue weighted by atomic mass is 16.4. The van der Waals surface area contributed by atoms with Gasteiger partial charge in [-0.25, -0.2) is 0 Å². The molecule has 0 aromatic heterocycles. The van der Waals surface area contributed by atoms with Gasteiger partial charge in [0.2, 0.25) is 11.8 Å². The van der Waals surface area contributed by atoms with Crippen LogP contribution in [0.4, 0.5) is 0 Å². The first kappa shape index (κ1) is 24.1. The number of nitrogens with one attached hydrogen (secondary N) is 2. The van der Waals surface area contributed by atoms with Crippen molar-refractivity contribution in [2.45, 2.75) is 90.6 Å². The van der Waals surface area contributed by atoms with Gasteiger partial charge in [0.1, 0.15) is 12.3 Å². The number of unbranched alkanes of at least 4 members (excludes halogenated alkanes) is 4. The Kier molecular flexibility index (Phi) is 13.2. The molecule has 3 N–H and O–H groups in total. The molecule has 0 bridgehead atoms. The van der Waals surface area contributed by atoms with Crippen LogP contribution in [0.2, 0.25) is 0 Å². The highest BCUT2D eigenvalue weighted by molar-refractivity contribution is 5.89. The quantitative estimate of drug-likeness (QED) is 0.303. The minimum Gasteiger partial charge on any atom is -0.481 e. The fourth-order valence-corrected chi connectivity index (χ4v) is 2.60. The molecule has 0 aliphatic heterocycles. The fourth-order valence-electron chi connectivity index (χ4n) is 2.60. The molecule has 0 fully saturated rings. The molecule has 0 aliphatic rings. The lowest BCUT2D eigenvalue weighted by Crippen LogP contribution is -2.50. The first-order valence-electron chi connectivity index (χ1n) is 9.56. The predicted octanol–water partition coefficient (Wildman–Crippen LogP) is 2.43. The van der Waals surface area contributed by atoms with E-state index in [-0.39, 0.29) is 24.7 Å². The van der Waals surface area contributed by atoms with Crippen LogP contribution in [-0.2, 0) is 19.2 Å². The molecular weight excluding hydrogens is 336 g/mol. The maximum atomic E-state index is 12.4. The van der Waals surface area contributed by atoms with Crippen LogP contribution in [0.3, 0.4) is 0 Å². The van der Waals surface area contributed by atoms with Gasteiger partial charge in [-0.2, -0.15) is 0 Å². The lowest BCUT2D eigenvalue weighted by Gasteiger charge is -2.22. The maximum absolute atomic E-state index is 12.4. The van der Waals surface area contributed by atoms with E-state index < -0.39 is 24.0 Å². The van der Waals surface area contributed by atoms with E-state index in [4.69, 9.17) is 5.11 Å². The molecule has 7 nitrogen and oxygen atoms in total. The molecule has 0 aromatic rings. The van der Waals surface area contributed by atoms with Crippen molar-refractivity contribution in [3.63, 3.8) is 0 Å². The molecule has 0 aromatic carbocycles. The average Bonchev–Trinajstić information content (AvgIpc) is 2.57. The van der Waals surface area contributed by atoms with Crippen LogP contribution in [-0.4, -0.2) is 41.3 Å². The number of aliphatic carboxylic acids is 1. The van der Waals surface area contributed by atoms with Crippen molar-refractivity contribution in [3.8, 4) is 0 Å². The Labute approximate surface area is 156 Å².